The van der Waals surface area contributed by atoms with Gasteiger partial charge in [0.15, 0.2) is 9.84 Å². The molecule has 0 amide bonds. The molecule has 2 heterocycles. The van der Waals surface area contributed by atoms with Crippen LogP contribution in [0.15, 0.2) is 95.7 Å². The topological polar surface area (TPSA) is 52.0 Å². The number of allylic oxidation sites excluding steroid dienone is 1. The van der Waals surface area contributed by atoms with Gasteiger partial charge < -0.3 is 4.57 Å². The van der Waals surface area contributed by atoms with Crippen LogP contribution in [0.1, 0.15) is 41.8 Å². The number of nitrogens with zero attached hydrogens (tertiary/aromatic N) is 2. The van der Waals surface area contributed by atoms with E-state index in [1.807, 2.05) is 43.5 Å². The standard InChI is InChI=1S/C31H29FN2O2S/c1-22-5-12-28(13-6-22)37(35,36)29-14-7-24-18-30-23(15-17-34(30)27-10-8-25(32)9-11-27)19-31(24,21-29)20-26-4-2-3-16-33-26/h2-6,8-13,15-18,29H,7,14,19-21H2,1H3/t29-,31-/m0/s1. The second-order valence-electron chi connectivity index (χ2n) is 10.4. The first-order valence-corrected chi connectivity index (χ1v) is 14.3. The molecule has 0 N–H and O–H groups in total. The lowest BCUT2D eigenvalue weighted by molar-refractivity contribution is 0.265. The fourth-order valence-electron chi connectivity index (χ4n) is 6.10. The zero-order valence-electron chi connectivity index (χ0n) is 20.8. The van der Waals surface area contributed by atoms with Crippen molar-refractivity contribution in [1.29, 1.82) is 0 Å². The molecule has 0 bridgehead atoms. The number of aryl methyl sites for hydroxylation is 1. The third kappa shape index (κ3) is 4.33. The summed E-state index contributed by atoms with van der Waals surface area (Å²) in [7, 11) is -3.47. The zero-order valence-corrected chi connectivity index (χ0v) is 21.6. The van der Waals surface area contributed by atoms with E-state index in [0.29, 0.717) is 24.2 Å². The summed E-state index contributed by atoms with van der Waals surface area (Å²) in [6.07, 6.45) is 9.40. The lowest BCUT2D eigenvalue weighted by atomic mass is 9.62. The molecule has 0 spiro atoms. The molecule has 2 aliphatic rings. The van der Waals surface area contributed by atoms with Crippen molar-refractivity contribution in [2.75, 3.05) is 0 Å². The summed E-state index contributed by atoms with van der Waals surface area (Å²) in [5.41, 5.74) is 6.16. The number of hydrogen-bond donors (Lipinski definition) is 0. The summed E-state index contributed by atoms with van der Waals surface area (Å²) >= 11 is 0. The third-order valence-corrected chi connectivity index (χ3v) is 10.2. The molecule has 188 valence electrons. The Morgan fingerprint density at radius 3 is 2.54 bits per heavy atom. The third-order valence-electron chi connectivity index (χ3n) is 8.03. The molecule has 4 nitrogen and oxygen atoms in total. The van der Waals surface area contributed by atoms with Gasteiger partial charge >= 0.3 is 0 Å². The molecule has 0 aliphatic heterocycles. The lowest BCUT2D eigenvalue weighted by Crippen LogP contribution is -2.42. The monoisotopic (exact) mass is 512 g/mol. The molecule has 2 aromatic carbocycles. The van der Waals surface area contributed by atoms with Crippen molar-refractivity contribution >= 4 is 15.9 Å². The number of fused-ring (bicyclic) bond motifs is 2. The summed E-state index contributed by atoms with van der Waals surface area (Å²) in [5.74, 6) is -0.259. The molecule has 1 saturated carbocycles. The van der Waals surface area contributed by atoms with E-state index in [1.54, 1.807) is 30.5 Å². The van der Waals surface area contributed by atoms with Gasteiger partial charge in [0, 0.05) is 34.9 Å². The minimum Gasteiger partial charge on any atom is -0.317 e. The molecule has 0 saturated heterocycles. The molecule has 1 fully saturated rings. The maximum Gasteiger partial charge on any atom is 0.181 e. The summed E-state index contributed by atoms with van der Waals surface area (Å²) < 4.78 is 43.2. The van der Waals surface area contributed by atoms with Crippen molar-refractivity contribution in [3.8, 4) is 5.69 Å². The highest BCUT2D eigenvalue weighted by atomic mass is 32.2. The number of pyridine rings is 1. The van der Waals surface area contributed by atoms with Gasteiger partial charge in [-0.05, 0) is 105 Å². The largest absolute Gasteiger partial charge is 0.317 e. The second-order valence-corrected chi connectivity index (χ2v) is 12.6. The molecule has 2 aromatic heterocycles. The van der Waals surface area contributed by atoms with Crippen LogP contribution < -0.4 is 0 Å². The predicted molar refractivity (Wildman–Crippen MR) is 144 cm³/mol. The van der Waals surface area contributed by atoms with Gasteiger partial charge in [0.2, 0.25) is 0 Å². The van der Waals surface area contributed by atoms with Crippen LogP contribution in [0.25, 0.3) is 11.8 Å². The summed E-state index contributed by atoms with van der Waals surface area (Å²) in [5, 5.41) is -0.447. The van der Waals surface area contributed by atoms with Crippen molar-refractivity contribution in [3.05, 3.63) is 119 Å². The number of halogens is 1. The van der Waals surface area contributed by atoms with Gasteiger partial charge in [-0.2, -0.15) is 0 Å². The number of hydrogen-bond acceptors (Lipinski definition) is 3. The first-order valence-electron chi connectivity index (χ1n) is 12.7. The van der Waals surface area contributed by atoms with E-state index in [9.17, 15) is 12.8 Å². The van der Waals surface area contributed by atoms with E-state index >= 15 is 0 Å². The quantitative estimate of drug-likeness (QED) is 0.306. The smallest absolute Gasteiger partial charge is 0.181 e. The van der Waals surface area contributed by atoms with Gasteiger partial charge in [-0.3, -0.25) is 4.98 Å². The Morgan fingerprint density at radius 1 is 1.03 bits per heavy atom. The molecule has 6 heteroatoms. The Labute approximate surface area is 217 Å². The molecule has 0 radical (unpaired) electrons. The van der Waals surface area contributed by atoms with E-state index < -0.39 is 15.1 Å². The molecule has 4 aromatic rings. The highest BCUT2D eigenvalue weighted by Crippen LogP contribution is 2.52. The Morgan fingerprint density at radius 2 is 1.81 bits per heavy atom. The van der Waals surface area contributed by atoms with Crippen LogP contribution in [-0.4, -0.2) is 23.2 Å². The van der Waals surface area contributed by atoms with Crippen molar-refractivity contribution < 1.29 is 12.8 Å². The van der Waals surface area contributed by atoms with Crippen molar-refractivity contribution in [3.63, 3.8) is 0 Å². The maximum absolute atomic E-state index is 13.8. The molecule has 2 atom stereocenters. The van der Waals surface area contributed by atoms with E-state index in [1.165, 1.54) is 23.3 Å². The van der Waals surface area contributed by atoms with Crippen molar-refractivity contribution in [2.24, 2.45) is 5.41 Å². The highest BCUT2D eigenvalue weighted by molar-refractivity contribution is 7.92. The predicted octanol–water partition coefficient (Wildman–Crippen LogP) is 6.51. The summed E-state index contributed by atoms with van der Waals surface area (Å²) in [6.45, 7) is 1.97. The van der Waals surface area contributed by atoms with Crippen LogP contribution in [-0.2, 0) is 22.7 Å². The average Bonchev–Trinajstić information content (AvgIpc) is 3.30. The first kappa shape index (κ1) is 23.9. The van der Waals surface area contributed by atoms with Gasteiger partial charge in [0.1, 0.15) is 5.82 Å². The molecular formula is C31H29FN2O2S. The van der Waals surface area contributed by atoms with E-state index in [2.05, 4.69) is 21.7 Å². The van der Waals surface area contributed by atoms with Crippen LogP contribution >= 0.6 is 0 Å². The van der Waals surface area contributed by atoms with Crippen LogP contribution in [0.2, 0.25) is 0 Å². The van der Waals surface area contributed by atoms with Gasteiger partial charge in [-0.25, -0.2) is 12.8 Å². The maximum atomic E-state index is 13.8. The Hall–Kier alpha value is -3.51. The van der Waals surface area contributed by atoms with E-state index in [4.69, 9.17) is 0 Å². The van der Waals surface area contributed by atoms with E-state index in [0.717, 1.165) is 35.5 Å². The molecular weight excluding hydrogens is 483 g/mol. The van der Waals surface area contributed by atoms with Gasteiger partial charge in [-0.1, -0.05) is 29.3 Å². The van der Waals surface area contributed by atoms with Gasteiger partial charge in [-0.15, -0.1) is 0 Å². The normalized spacial score (nSPS) is 21.1. The fraction of sp³-hybridized carbons (Fsp3) is 0.258. The zero-order chi connectivity index (χ0) is 25.6. The first-order chi connectivity index (χ1) is 17.8. The minimum absolute atomic E-state index is 0.259. The summed E-state index contributed by atoms with van der Waals surface area (Å²) in [6, 6.07) is 21.8. The Bertz CT molecular complexity index is 1570. The average molecular weight is 513 g/mol. The van der Waals surface area contributed by atoms with E-state index in [-0.39, 0.29) is 11.2 Å². The fourth-order valence-corrected chi connectivity index (χ4v) is 7.96. The van der Waals surface area contributed by atoms with Crippen molar-refractivity contribution in [1.82, 2.24) is 9.55 Å². The number of sulfone groups is 1. The molecule has 0 unspecified atom stereocenters. The molecule has 37 heavy (non-hydrogen) atoms. The SMILES string of the molecule is Cc1ccc(S(=O)(=O)[C@H]2CCC3=Cc4c(ccn4-c4ccc(F)cc4)C[C@]3(Cc3ccccn3)C2)cc1. The van der Waals surface area contributed by atoms with Crippen molar-refractivity contribution in [2.45, 2.75) is 49.2 Å². The summed E-state index contributed by atoms with van der Waals surface area (Å²) in [4.78, 5) is 5.02. The van der Waals surface area contributed by atoms with Gasteiger partial charge in [0.25, 0.3) is 0 Å². The Balaban J connectivity index is 1.41. The second kappa shape index (κ2) is 9.10. The van der Waals surface area contributed by atoms with Gasteiger partial charge in [0.05, 0.1) is 10.1 Å². The van der Waals surface area contributed by atoms with Crippen LogP contribution in [0.3, 0.4) is 0 Å². The van der Waals surface area contributed by atoms with Crippen LogP contribution in [0.5, 0.6) is 0 Å². The number of aromatic nitrogens is 2. The lowest BCUT2D eigenvalue weighted by Gasteiger charge is -2.45. The number of benzene rings is 2. The minimum atomic E-state index is -3.47. The molecule has 2 aliphatic carbocycles. The van der Waals surface area contributed by atoms with Crippen LogP contribution in [0, 0.1) is 18.2 Å². The van der Waals surface area contributed by atoms with Crippen LogP contribution in [0.4, 0.5) is 4.39 Å². The Kier molecular flexibility index (Phi) is 5.87. The highest BCUT2D eigenvalue weighted by Gasteiger charge is 2.47. The number of rotatable bonds is 5. The molecule has 6 rings (SSSR count).